The van der Waals surface area contributed by atoms with Crippen LogP contribution in [0.15, 0.2) is 30.3 Å². The highest BCUT2D eigenvalue weighted by Crippen LogP contribution is 2.09. The number of aliphatic carboxylic acids is 1. The van der Waals surface area contributed by atoms with Crippen LogP contribution >= 0.6 is 0 Å². The molecule has 8 nitrogen and oxygen atoms in total. The van der Waals surface area contributed by atoms with Gasteiger partial charge in [0.1, 0.15) is 11.6 Å². The van der Waals surface area contributed by atoms with Crippen LogP contribution in [0.5, 0.6) is 0 Å². The van der Waals surface area contributed by atoms with Crippen molar-refractivity contribution >= 4 is 18.1 Å². The fourth-order valence-corrected chi connectivity index (χ4v) is 2.67. The minimum Gasteiger partial charge on any atom is -0.480 e. The first-order chi connectivity index (χ1) is 13.5. The van der Waals surface area contributed by atoms with Crippen LogP contribution in [0.25, 0.3) is 0 Å². The van der Waals surface area contributed by atoms with Gasteiger partial charge in [-0.25, -0.2) is 14.4 Å². The molecule has 0 heterocycles. The van der Waals surface area contributed by atoms with Gasteiger partial charge < -0.3 is 25.8 Å². The van der Waals surface area contributed by atoms with Gasteiger partial charge >= 0.3 is 18.1 Å². The van der Waals surface area contributed by atoms with E-state index in [4.69, 9.17) is 4.74 Å². The second kappa shape index (κ2) is 11.3. The van der Waals surface area contributed by atoms with Crippen LogP contribution in [0, 0.1) is 5.92 Å². The van der Waals surface area contributed by atoms with Crippen molar-refractivity contribution in [2.45, 2.75) is 65.1 Å². The highest BCUT2D eigenvalue weighted by atomic mass is 16.6. The summed E-state index contributed by atoms with van der Waals surface area (Å²) in [5.74, 6) is -0.961. The average molecular weight is 408 g/mol. The standard InChI is InChI=1S/C21H33N3O5/c1-14(2)11-17(18(25)26)24-19(27)22-13-16(12-15-9-7-6-8-10-15)23-20(28)29-21(3,4)5/h6-10,14,16-17H,11-13H2,1-5H3,(H,23,28)(H,25,26)(H2,22,24,27)/t16-,17-/m0/s1. The summed E-state index contributed by atoms with van der Waals surface area (Å²) >= 11 is 0. The van der Waals surface area contributed by atoms with E-state index in [0.29, 0.717) is 12.8 Å². The molecule has 0 spiro atoms. The second-order valence-electron chi connectivity index (χ2n) is 8.41. The Kier molecular flexibility index (Phi) is 9.44. The van der Waals surface area contributed by atoms with Crippen molar-refractivity contribution in [2.75, 3.05) is 6.54 Å². The maximum Gasteiger partial charge on any atom is 0.407 e. The number of rotatable bonds is 9. The molecule has 0 saturated carbocycles. The summed E-state index contributed by atoms with van der Waals surface area (Å²) in [4.78, 5) is 35.6. The number of ether oxygens (including phenoxy) is 1. The summed E-state index contributed by atoms with van der Waals surface area (Å²) in [6.45, 7) is 9.20. The molecule has 0 unspecified atom stereocenters. The SMILES string of the molecule is CC(C)C[C@H](NC(=O)NC[C@H](Cc1ccccc1)NC(=O)OC(C)(C)C)C(=O)O. The molecule has 29 heavy (non-hydrogen) atoms. The van der Waals surface area contributed by atoms with E-state index in [2.05, 4.69) is 16.0 Å². The summed E-state index contributed by atoms with van der Waals surface area (Å²) in [6.07, 6.45) is 0.227. The zero-order valence-electron chi connectivity index (χ0n) is 17.8. The molecule has 0 saturated heterocycles. The zero-order valence-corrected chi connectivity index (χ0v) is 17.8. The summed E-state index contributed by atoms with van der Waals surface area (Å²) < 4.78 is 5.30. The van der Waals surface area contributed by atoms with Gasteiger partial charge in [0.15, 0.2) is 0 Å². The number of carbonyl (C=O) groups is 3. The second-order valence-corrected chi connectivity index (χ2v) is 8.41. The van der Waals surface area contributed by atoms with E-state index in [0.717, 1.165) is 5.56 Å². The molecule has 0 radical (unpaired) electrons. The third kappa shape index (κ3) is 11.0. The average Bonchev–Trinajstić information content (AvgIpc) is 2.58. The Morgan fingerprint density at radius 1 is 1.07 bits per heavy atom. The van der Waals surface area contributed by atoms with Crippen molar-refractivity contribution < 1.29 is 24.2 Å². The lowest BCUT2D eigenvalue weighted by Crippen LogP contribution is -2.51. The smallest absolute Gasteiger partial charge is 0.407 e. The van der Waals surface area contributed by atoms with Crippen LogP contribution in [-0.2, 0) is 16.0 Å². The highest BCUT2D eigenvalue weighted by molar-refractivity contribution is 5.82. The number of urea groups is 1. The van der Waals surface area contributed by atoms with Gasteiger partial charge in [-0.05, 0) is 45.1 Å². The quantitative estimate of drug-likeness (QED) is 0.502. The molecular formula is C21H33N3O5. The third-order valence-corrected chi connectivity index (χ3v) is 3.87. The Bertz CT molecular complexity index is 671. The van der Waals surface area contributed by atoms with Crippen molar-refractivity contribution in [3.05, 3.63) is 35.9 Å². The molecule has 0 bridgehead atoms. The first kappa shape index (κ1) is 24.3. The lowest BCUT2D eigenvalue weighted by molar-refractivity contribution is -0.139. The van der Waals surface area contributed by atoms with Gasteiger partial charge in [0.2, 0.25) is 0 Å². The number of hydrogen-bond acceptors (Lipinski definition) is 4. The molecular weight excluding hydrogens is 374 g/mol. The van der Waals surface area contributed by atoms with Crippen LogP contribution in [0.1, 0.15) is 46.6 Å². The highest BCUT2D eigenvalue weighted by Gasteiger charge is 2.23. The number of hydrogen-bond donors (Lipinski definition) is 4. The van der Waals surface area contributed by atoms with Crippen molar-refractivity contribution in [3.8, 4) is 0 Å². The minimum atomic E-state index is -1.08. The van der Waals surface area contributed by atoms with E-state index in [1.165, 1.54) is 0 Å². The molecule has 3 amide bonds. The van der Waals surface area contributed by atoms with E-state index in [1.807, 2.05) is 44.2 Å². The predicted octanol–water partition coefficient (Wildman–Crippen LogP) is 2.92. The van der Waals surface area contributed by atoms with Crippen LogP contribution in [0.2, 0.25) is 0 Å². The minimum absolute atomic E-state index is 0.119. The number of alkyl carbamates (subject to hydrolysis) is 1. The van der Waals surface area contributed by atoms with E-state index in [9.17, 15) is 19.5 Å². The molecule has 1 aromatic rings. The molecule has 162 valence electrons. The summed E-state index contributed by atoms with van der Waals surface area (Å²) in [6, 6.07) is 7.54. The van der Waals surface area contributed by atoms with E-state index >= 15 is 0 Å². The molecule has 1 aromatic carbocycles. The van der Waals surface area contributed by atoms with E-state index in [1.54, 1.807) is 20.8 Å². The van der Waals surface area contributed by atoms with Gasteiger partial charge in [-0.2, -0.15) is 0 Å². The van der Waals surface area contributed by atoms with Gasteiger partial charge in [0, 0.05) is 6.54 Å². The van der Waals surface area contributed by atoms with Crippen LogP contribution in [0.3, 0.4) is 0 Å². The number of nitrogens with one attached hydrogen (secondary N) is 3. The Balaban J connectivity index is 2.71. The maximum atomic E-state index is 12.2. The molecule has 0 aliphatic carbocycles. The molecule has 8 heteroatoms. The Labute approximate surface area is 172 Å². The van der Waals surface area contributed by atoms with E-state index < -0.39 is 35.8 Å². The normalized spacial score (nSPS) is 13.3. The van der Waals surface area contributed by atoms with Crippen molar-refractivity contribution in [1.29, 1.82) is 0 Å². The lowest BCUT2D eigenvalue weighted by Gasteiger charge is -2.24. The van der Waals surface area contributed by atoms with Gasteiger partial charge in [-0.3, -0.25) is 0 Å². The number of benzene rings is 1. The fourth-order valence-electron chi connectivity index (χ4n) is 2.67. The van der Waals surface area contributed by atoms with Gasteiger partial charge in [-0.1, -0.05) is 44.2 Å². The van der Waals surface area contributed by atoms with Crippen LogP contribution in [0.4, 0.5) is 9.59 Å². The molecule has 0 aliphatic heterocycles. The molecule has 0 aliphatic rings. The Hall–Kier alpha value is -2.77. The van der Waals surface area contributed by atoms with Crippen LogP contribution < -0.4 is 16.0 Å². The third-order valence-electron chi connectivity index (χ3n) is 3.87. The molecule has 4 N–H and O–H groups in total. The Morgan fingerprint density at radius 3 is 2.21 bits per heavy atom. The lowest BCUT2D eigenvalue weighted by atomic mass is 10.0. The predicted molar refractivity (Wildman–Crippen MR) is 111 cm³/mol. The fraction of sp³-hybridized carbons (Fsp3) is 0.571. The Morgan fingerprint density at radius 2 is 1.69 bits per heavy atom. The largest absolute Gasteiger partial charge is 0.480 e. The number of carboxylic acid groups (broad SMARTS) is 1. The van der Waals surface area contributed by atoms with Crippen molar-refractivity contribution in [2.24, 2.45) is 5.92 Å². The maximum absolute atomic E-state index is 12.2. The van der Waals surface area contributed by atoms with Crippen molar-refractivity contribution in [1.82, 2.24) is 16.0 Å². The van der Waals surface area contributed by atoms with Gasteiger partial charge in [0.25, 0.3) is 0 Å². The number of amides is 3. The molecule has 1 rings (SSSR count). The summed E-state index contributed by atoms with van der Waals surface area (Å²) in [5, 5.41) is 17.1. The van der Waals surface area contributed by atoms with Gasteiger partial charge in [-0.15, -0.1) is 0 Å². The number of carbonyl (C=O) groups excluding carboxylic acids is 2. The summed E-state index contributed by atoms with van der Waals surface area (Å²) in [7, 11) is 0. The van der Waals surface area contributed by atoms with Crippen LogP contribution in [-0.4, -0.2) is 47.4 Å². The topological polar surface area (TPSA) is 117 Å². The van der Waals surface area contributed by atoms with Crippen molar-refractivity contribution in [3.63, 3.8) is 0 Å². The molecule has 2 atom stereocenters. The molecule has 0 fully saturated rings. The monoisotopic (exact) mass is 407 g/mol. The first-order valence-electron chi connectivity index (χ1n) is 9.77. The van der Waals surface area contributed by atoms with E-state index in [-0.39, 0.29) is 12.5 Å². The zero-order chi connectivity index (χ0) is 22.0. The molecule has 0 aromatic heterocycles. The summed E-state index contributed by atoms with van der Waals surface area (Å²) in [5.41, 5.74) is 0.344. The van der Waals surface area contributed by atoms with Gasteiger partial charge in [0.05, 0.1) is 6.04 Å². The number of carboxylic acids is 1. The first-order valence-corrected chi connectivity index (χ1v) is 9.77.